The monoisotopic (exact) mass is 526 g/mol. The van der Waals surface area contributed by atoms with Gasteiger partial charge in [0.15, 0.2) is 0 Å². The molecule has 2 aromatic carbocycles. The summed E-state index contributed by atoms with van der Waals surface area (Å²) < 4.78 is 7.63. The maximum Gasteiger partial charge on any atom is 0.324 e. The highest BCUT2D eigenvalue weighted by atomic mass is 16.5. The number of benzene rings is 2. The summed E-state index contributed by atoms with van der Waals surface area (Å²) in [5, 5.41) is 13.3. The summed E-state index contributed by atoms with van der Waals surface area (Å²) in [4.78, 5) is 29.1. The third-order valence-corrected chi connectivity index (χ3v) is 5.82. The van der Waals surface area contributed by atoms with Crippen LogP contribution in [0.15, 0.2) is 66.9 Å². The lowest BCUT2D eigenvalue weighted by Crippen LogP contribution is -2.23. The Morgan fingerprint density at radius 2 is 1.59 bits per heavy atom. The Kier molecular flexibility index (Phi) is 7.99. The Hall–Kier alpha value is -4.66. The largest absolute Gasteiger partial charge is 0.457 e. The Bertz CT molecular complexity index is 1470. The molecule has 0 saturated carbocycles. The number of ether oxygens (including phenoxy) is 1. The molecule has 3 amide bonds. The third-order valence-electron chi connectivity index (χ3n) is 5.82. The van der Waals surface area contributed by atoms with Crippen molar-refractivity contribution in [3.8, 4) is 17.2 Å². The topological polar surface area (TPSA) is 110 Å². The Labute approximate surface area is 228 Å². The van der Waals surface area contributed by atoms with Crippen LogP contribution in [0.1, 0.15) is 55.0 Å². The van der Waals surface area contributed by atoms with Gasteiger partial charge in [0.05, 0.1) is 11.4 Å². The molecule has 39 heavy (non-hydrogen) atoms. The lowest BCUT2D eigenvalue weighted by Gasteiger charge is -2.14. The van der Waals surface area contributed by atoms with E-state index in [0.717, 1.165) is 22.5 Å². The van der Waals surface area contributed by atoms with Gasteiger partial charge in [-0.1, -0.05) is 26.8 Å². The van der Waals surface area contributed by atoms with Crippen molar-refractivity contribution in [1.82, 2.24) is 20.1 Å². The van der Waals surface area contributed by atoms with Crippen LogP contribution >= 0.6 is 0 Å². The second-order valence-electron chi connectivity index (χ2n) is 10.4. The first kappa shape index (κ1) is 27.4. The van der Waals surface area contributed by atoms with Crippen molar-refractivity contribution < 1.29 is 14.3 Å². The van der Waals surface area contributed by atoms with Crippen molar-refractivity contribution in [3.63, 3.8) is 0 Å². The number of urea groups is 1. The maximum atomic E-state index is 12.9. The number of hydrogen-bond donors (Lipinski definition) is 3. The van der Waals surface area contributed by atoms with Gasteiger partial charge in [0, 0.05) is 36.0 Å². The summed E-state index contributed by atoms with van der Waals surface area (Å²) in [6.45, 7) is 12.7. The van der Waals surface area contributed by atoms with Crippen LogP contribution in [0.4, 0.5) is 16.3 Å². The molecule has 4 aromatic rings. The molecule has 0 aliphatic heterocycles. The molecule has 0 fully saturated rings. The number of pyridine rings is 1. The minimum atomic E-state index is -0.393. The normalized spacial score (nSPS) is 11.1. The van der Waals surface area contributed by atoms with E-state index in [0.29, 0.717) is 29.5 Å². The van der Waals surface area contributed by atoms with Crippen molar-refractivity contribution in [1.29, 1.82) is 0 Å². The number of carbonyl (C=O) groups excluding carboxylic acids is 2. The lowest BCUT2D eigenvalue weighted by atomic mass is 9.92. The van der Waals surface area contributed by atoms with Crippen LogP contribution in [0.25, 0.3) is 5.69 Å². The molecule has 0 aliphatic carbocycles. The number of aromatic nitrogens is 3. The zero-order chi connectivity index (χ0) is 28.2. The minimum absolute atomic E-state index is 0.192. The fraction of sp³-hybridized carbons (Fsp3) is 0.267. The van der Waals surface area contributed by atoms with Crippen LogP contribution in [0.3, 0.4) is 0 Å². The van der Waals surface area contributed by atoms with Gasteiger partial charge in [-0.2, -0.15) is 5.10 Å². The first-order valence-corrected chi connectivity index (χ1v) is 12.8. The van der Waals surface area contributed by atoms with E-state index in [1.807, 2.05) is 39.0 Å². The molecule has 0 saturated heterocycles. The molecule has 2 heterocycles. The van der Waals surface area contributed by atoms with Crippen LogP contribution in [-0.2, 0) is 5.41 Å². The van der Waals surface area contributed by atoms with E-state index < -0.39 is 6.03 Å². The molecule has 202 valence electrons. The number of hydrogen-bond acceptors (Lipinski definition) is 5. The number of anilines is 2. The zero-order valence-electron chi connectivity index (χ0n) is 23.1. The molecular weight excluding hydrogens is 492 g/mol. The average Bonchev–Trinajstić information content (AvgIpc) is 3.29. The van der Waals surface area contributed by atoms with Gasteiger partial charge in [-0.25, -0.2) is 9.48 Å². The summed E-state index contributed by atoms with van der Waals surface area (Å²) in [6.07, 6.45) is 1.52. The smallest absolute Gasteiger partial charge is 0.324 e. The Morgan fingerprint density at radius 1 is 0.897 bits per heavy atom. The molecular formula is C30H34N6O3. The van der Waals surface area contributed by atoms with Gasteiger partial charge in [-0.3, -0.25) is 15.1 Å². The average molecular weight is 527 g/mol. The summed E-state index contributed by atoms with van der Waals surface area (Å²) in [6, 6.07) is 17.9. The molecule has 0 unspecified atom stereocenters. The third kappa shape index (κ3) is 7.01. The van der Waals surface area contributed by atoms with E-state index in [2.05, 4.69) is 47.8 Å². The molecule has 4 rings (SSSR count). The van der Waals surface area contributed by atoms with Gasteiger partial charge in [0.1, 0.15) is 23.0 Å². The fourth-order valence-electron chi connectivity index (χ4n) is 3.98. The highest BCUT2D eigenvalue weighted by Crippen LogP contribution is 2.28. The second kappa shape index (κ2) is 11.4. The SMILES string of the molecule is CCNC(=O)c1cc(Oc2ccc(NC(=O)Nc3cc(C(C)(C)C)nn3-c3cc(C)cc(C)c3)cc2)ccn1. The lowest BCUT2D eigenvalue weighted by molar-refractivity contribution is 0.0950. The van der Waals surface area contributed by atoms with Crippen LogP contribution in [-0.4, -0.2) is 33.2 Å². The van der Waals surface area contributed by atoms with E-state index in [4.69, 9.17) is 9.84 Å². The predicted octanol–water partition coefficient (Wildman–Crippen LogP) is 6.37. The van der Waals surface area contributed by atoms with E-state index in [9.17, 15) is 9.59 Å². The van der Waals surface area contributed by atoms with Crippen LogP contribution in [0.5, 0.6) is 11.5 Å². The van der Waals surface area contributed by atoms with Crippen molar-refractivity contribution in [2.24, 2.45) is 0 Å². The Morgan fingerprint density at radius 3 is 2.23 bits per heavy atom. The van der Waals surface area contributed by atoms with Crippen molar-refractivity contribution in [2.75, 3.05) is 17.2 Å². The van der Waals surface area contributed by atoms with Crippen LogP contribution < -0.4 is 20.7 Å². The number of nitrogens with one attached hydrogen (secondary N) is 3. The molecule has 3 N–H and O–H groups in total. The molecule has 9 nitrogen and oxygen atoms in total. The molecule has 0 atom stereocenters. The van der Waals surface area contributed by atoms with Gasteiger partial charge < -0.3 is 15.4 Å². The quantitative estimate of drug-likeness (QED) is 0.259. The number of rotatable bonds is 7. The highest BCUT2D eigenvalue weighted by Gasteiger charge is 2.22. The summed E-state index contributed by atoms with van der Waals surface area (Å²) >= 11 is 0. The van der Waals surface area contributed by atoms with E-state index in [1.165, 1.54) is 6.20 Å². The molecule has 0 spiro atoms. The van der Waals surface area contributed by atoms with Gasteiger partial charge in [0.25, 0.3) is 5.91 Å². The van der Waals surface area contributed by atoms with Gasteiger partial charge in [-0.05, 0) is 74.4 Å². The second-order valence-corrected chi connectivity index (χ2v) is 10.4. The maximum absolute atomic E-state index is 12.9. The number of aryl methyl sites for hydroxylation is 2. The van der Waals surface area contributed by atoms with Crippen LogP contribution in [0.2, 0.25) is 0 Å². The van der Waals surface area contributed by atoms with Gasteiger partial charge >= 0.3 is 6.03 Å². The number of amides is 3. The van der Waals surface area contributed by atoms with Crippen molar-refractivity contribution in [3.05, 3.63) is 89.4 Å². The van der Waals surface area contributed by atoms with Crippen molar-refractivity contribution >= 4 is 23.4 Å². The van der Waals surface area contributed by atoms with E-state index >= 15 is 0 Å². The highest BCUT2D eigenvalue weighted by molar-refractivity contribution is 5.99. The molecule has 0 bridgehead atoms. The molecule has 9 heteroatoms. The molecule has 0 aliphatic rings. The van der Waals surface area contributed by atoms with E-state index in [1.54, 1.807) is 41.1 Å². The molecule has 2 aromatic heterocycles. The Balaban J connectivity index is 1.47. The summed E-state index contributed by atoms with van der Waals surface area (Å²) in [5.41, 5.74) is 4.65. The first-order chi connectivity index (χ1) is 18.5. The van der Waals surface area contributed by atoms with Crippen molar-refractivity contribution in [2.45, 2.75) is 47.0 Å². The molecule has 0 radical (unpaired) electrons. The first-order valence-electron chi connectivity index (χ1n) is 12.8. The van der Waals surface area contributed by atoms with Gasteiger partial charge in [0.2, 0.25) is 0 Å². The predicted molar refractivity (Wildman–Crippen MR) is 153 cm³/mol. The fourth-order valence-corrected chi connectivity index (χ4v) is 3.98. The van der Waals surface area contributed by atoms with Crippen LogP contribution in [0, 0.1) is 13.8 Å². The summed E-state index contributed by atoms with van der Waals surface area (Å²) in [7, 11) is 0. The zero-order valence-corrected chi connectivity index (χ0v) is 23.1. The summed E-state index contributed by atoms with van der Waals surface area (Å²) in [5.74, 6) is 1.35. The number of carbonyl (C=O) groups is 2. The number of nitrogens with zero attached hydrogens (tertiary/aromatic N) is 3. The van der Waals surface area contributed by atoms with E-state index in [-0.39, 0.29) is 17.0 Å². The minimum Gasteiger partial charge on any atom is -0.457 e. The van der Waals surface area contributed by atoms with Gasteiger partial charge in [-0.15, -0.1) is 0 Å². The standard InChI is InChI=1S/C30H34N6O3/c1-7-31-28(37)25-17-24(12-13-32-25)39-23-10-8-21(9-11-23)33-29(38)34-27-18-26(30(4,5)6)35-36(27)22-15-19(2)14-20(3)16-22/h8-18H,7H2,1-6H3,(H,31,37)(H2,33,34,38).